The summed E-state index contributed by atoms with van der Waals surface area (Å²) in [5.41, 5.74) is 2.49. The number of aromatic nitrogens is 2. The number of halogens is 1. The Morgan fingerprint density at radius 2 is 2.25 bits per heavy atom. The van der Waals surface area contributed by atoms with E-state index in [0.29, 0.717) is 17.9 Å². The summed E-state index contributed by atoms with van der Waals surface area (Å²) in [6.45, 7) is 5.37. The summed E-state index contributed by atoms with van der Waals surface area (Å²) in [5, 5.41) is 0. The van der Waals surface area contributed by atoms with Gasteiger partial charge in [-0.3, -0.25) is 4.79 Å². The second kappa shape index (κ2) is 6.70. The Kier molecular flexibility index (Phi) is 4.95. The van der Waals surface area contributed by atoms with Crippen molar-refractivity contribution in [3.63, 3.8) is 0 Å². The van der Waals surface area contributed by atoms with E-state index in [1.807, 2.05) is 13.0 Å². The number of carbonyl (C=O) groups is 1. The summed E-state index contributed by atoms with van der Waals surface area (Å²) in [6.07, 6.45) is 5.46. The zero-order valence-electron chi connectivity index (χ0n) is 11.6. The number of aryl methyl sites for hydroxylation is 2. The number of hydrogen-bond acceptors (Lipinski definition) is 3. The molecule has 1 aromatic heterocycles. The van der Waals surface area contributed by atoms with Crippen LogP contribution >= 0.6 is 15.9 Å². The second-order valence-corrected chi connectivity index (χ2v) is 5.54. The number of aldehydes is 1. The van der Waals surface area contributed by atoms with E-state index < -0.39 is 0 Å². The third-order valence-electron chi connectivity index (χ3n) is 3.02. The average Bonchev–Trinajstić information content (AvgIpc) is 2.85. The van der Waals surface area contributed by atoms with Gasteiger partial charge in [-0.05, 0) is 31.0 Å². The van der Waals surface area contributed by atoms with Crippen LogP contribution in [0.15, 0.2) is 29.1 Å². The number of hydrogen-bond donors (Lipinski definition) is 0. The highest BCUT2D eigenvalue weighted by atomic mass is 79.9. The van der Waals surface area contributed by atoms with Gasteiger partial charge in [0.05, 0.1) is 23.8 Å². The van der Waals surface area contributed by atoms with Crippen LogP contribution in [0, 0.1) is 6.92 Å². The molecule has 0 unspecified atom stereocenters. The summed E-state index contributed by atoms with van der Waals surface area (Å²) >= 11 is 3.38. The third kappa shape index (κ3) is 3.28. The van der Waals surface area contributed by atoms with Crippen LogP contribution in [-0.2, 0) is 13.2 Å². The van der Waals surface area contributed by atoms with Crippen LogP contribution in [0.3, 0.4) is 0 Å². The number of imidazole rings is 1. The normalized spacial score (nSPS) is 10.6. The van der Waals surface area contributed by atoms with Crippen molar-refractivity contribution in [3.05, 3.63) is 46.0 Å². The minimum Gasteiger partial charge on any atom is -0.486 e. The number of rotatable bonds is 6. The maximum atomic E-state index is 11.1. The molecule has 2 aromatic rings. The smallest absolute Gasteiger partial charge is 0.153 e. The van der Waals surface area contributed by atoms with E-state index in [0.717, 1.165) is 35.0 Å². The summed E-state index contributed by atoms with van der Waals surface area (Å²) in [6, 6.07) is 3.70. The van der Waals surface area contributed by atoms with Gasteiger partial charge in [-0.25, -0.2) is 4.98 Å². The molecule has 1 heterocycles. The molecule has 5 heteroatoms. The number of nitrogens with zero attached hydrogens (tertiary/aromatic N) is 2. The van der Waals surface area contributed by atoms with Crippen molar-refractivity contribution in [3.8, 4) is 5.75 Å². The summed E-state index contributed by atoms with van der Waals surface area (Å²) in [7, 11) is 0. The van der Waals surface area contributed by atoms with E-state index >= 15 is 0 Å². The summed E-state index contributed by atoms with van der Waals surface area (Å²) in [5.74, 6) is 0.632. The Labute approximate surface area is 126 Å². The Bertz CT molecular complexity index is 608. The zero-order valence-corrected chi connectivity index (χ0v) is 13.2. The van der Waals surface area contributed by atoms with Gasteiger partial charge in [0.2, 0.25) is 0 Å². The van der Waals surface area contributed by atoms with Gasteiger partial charge < -0.3 is 9.30 Å². The number of ether oxygens (including phenoxy) is 1. The van der Waals surface area contributed by atoms with Crippen molar-refractivity contribution in [2.24, 2.45) is 0 Å². The fourth-order valence-corrected chi connectivity index (χ4v) is 2.69. The highest BCUT2D eigenvalue weighted by Gasteiger charge is 2.10. The molecule has 0 aliphatic carbocycles. The lowest BCUT2D eigenvalue weighted by Gasteiger charge is -2.13. The van der Waals surface area contributed by atoms with E-state index in [1.54, 1.807) is 18.6 Å². The van der Waals surface area contributed by atoms with Crippen molar-refractivity contribution in [1.29, 1.82) is 0 Å². The first-order valence-corrected chi connectivity index (χ1v) is 7.32. The van der Waals surface area contributed by atoms with E-state index in [1.165, 1.54) is 0 Å². The lowest BCUT2D eigenvalue weighted by atomic mass is 10.1. The lowest BCUT2D eigenvalue weighted by molar-refractivity contribution is 0.111. The molecule has 20 heavy (non-hydrogen) atoms. The third-order valence-corrected chi connectivity index (χ3v) is 3.48. The molecule has 0 atom stereocenters. The standard InChI is InChI=1S/C15H17BrN2O2/c1-3-4-18-10-17-7-14(18)9-20-15-11(2)5-13(16)6-12(15)8-19/h5-8,10H,3-4,9H2,1-2H3. The number of carbonyl (C=O) groups excluding carboxylic acids is 1. The van der Waals surface area contributed by atoms with Gasteiger partial charge in [0.25, 0.3) is 0 Å². The Hall–Kier alpha value is -1.62. The average molecular weight is 337 g/mol. The molecule has 0 fully saturated rings. The fourth-order valence-electron chi connectivity index (χ4n) is 2.10. The van der Waals surface area contributed by atoms with Crippen molar-refractivity contribution in [2.45, 2.75) is 33.4 Å². The molecule has 0 spiro atoms. The van der Waals surface area contributed by atoms with Crippen LogP contribution < -0.4 is 4.74 Å². The predicted molar refractivity (Wildman–Crippen MR) is 81.1 cm³/mol. The molecule has 0 aliphatic heterocycles. The first-order chi connectivity index (χ1) is 9.65. The Morgan fingerprint density at radius 1 is 1.45 bits per heavy atom. The fraction of sp³-hybridized carbons (Fsp3) is 0.333. The Morgan fingerprint density at radius 3 is 2.95 bits per heavy atom. The quantitative estimate of drug-likeness (QED) is 0.754. The SMILES string of the molecule is CCCn1cncc1COc1c(C)cc(Br)cc1C=O. The Balaban J connectivity index is 2.18. The molecule has 0 radical (unpaired) electrons. The molecule has 0 saturated heterocycles. The molecule has 1 aromatic carbocycles. The number of benzene rings is 1. The minimum atomic E-state index is 0.406. The van der Waals surface area contributed by atoms with Crippen LogP contribution in [0.25, 0.3) is 0 Å². The molecule has 106 valence electrons. The summed E-state index contributed by atoms with van der Waals surface area (Å²) < 4.78 is 8.77. The first kappa shape index (κ1) is 14.8. The molecule has 0 N–H and O–H groups in total. The van der Waals surface area contributed by atoms with Crippen LogP contribution in [0.5, 0.6) is 5.75 Å². The maximum absolute atomic E-state index is 11.1. The molecule has 0 bridgehead atoms. The van der Waals surface area contributed by atoms with Crippen molar-refractivity contribution in [1.82, 2.24) is 9.55 Å². The van der Waals surface area contributed by atoms with Gasteiger partial charge in [-0.2, -0.15) is 0 Å². The molecule has 0 amide bonds. The van der Waals surface area contributed by atoms with Gasteiger partial charge in [-0.1, -0.05) is 22.9 Å². The topological polar surface area (TPSA) is 44.1 Å². The minimum absolute atomic E-state index is 0.406. The molecule has 4 nitrogen and oxygen atoms in total. The van der Waals surface area contributed by atoms with Gasteiger partial charge in [0.15, 0.2) is 6.29 Å². The van der Waals surface area contributed by atoms with Gasteiger partial charge in [0, 0.05) is 11.0 Å². The van der Waals surface area contributed by atoms with Gasteiger partial charge in [0.1, 0.15) is 12.4 Å². The molecule has 2 rings (SSSR count). The molecule has 0 aliphatic rings. The zero-order chi connectivity index (χ0) is 14.5. The van der Waals surface area contributed by atoms with Crippen LogP contribution in [0.4, 0.5) is 0 Å². The van der Waals surface area contributed by atoms with Crippen LogP contribution in [0.1, 0.15) is 35.0 Å². The highest BCUT2D eigenvalue weighted by molar-refractivity contribution is 9.10. The van der Waals surface area contributed by atoms with E-state index in [2.05, 4.69) is 32.4 Å². The lowest BCUT2D eigenvalue weighted by Crippen LogP contribution is -2.06. The largest absolute Gasteiger partial charge is 0.486 e. The second-order valence-electron chi connectivity index (χ2n) is 4.63. The van der Waals surface area contributed by atoms with Crippen molar-refractivity contribution < 1.29 is 9.53 Å². The highest BCUT2D eigenvalue weighted by Crippen LogP contribution is 2.27. The van der Waals surface area contributed by atoms with Gasteiger partial charge in [-0.15, -0.1) is 0 Å². The van der Waals surface area contributed by atoms with Crippen LogP contribution in [-0.4, -0.2) is 15.8 Å². The maximum Gasteiger partial charge on any atom is 0.153 e. The van der Waals surface area contributed by atoms with E-state index in [4.69, 9.17) is 4.74 Å². The van der Waals surface area contributed by atoms with E-state index in [-0.39, 0.29) is 0 Å². The van der Waals surface area contributed by atoms with Crippen molar-refractivity contribution in [2.75, 3.05) is 0 Å². The van der Waals surface area contributed by atoms with Gasteiger partial charge >= 0.3 is 0 Å². The summed E-state index contributed by atoms with van der Waals surface area (Å²) in [4.78, 5) is 15.3. The van der Waals surface area contributed by atoms with Crippen LogP contribution in [0.2, 0.25) is 0 Å². The predicted octanol–water partition coefficient (Wildman–Crippen LogP) is 3.76. The molecular weight excluding hydrogens is 320 g/mol. The van der Waals surface area contributed by atoms with E-state index in [9.17, 15) is 4.79 Å². The first-order valence-electron chi connectivity index (χ1n) is 6.52. The monoisotopic (exact) mass is 336 g/mol. The molecule has 0 saturated carbocycles. The van der Waals surface area contributed by atoms with Crippen molar-refractivity contribution >= 4 is 22.2 Å². The molecular formula is C15H17BrN2O2.